The van der Waals surface area contributed by atoms with Crippen LogP contribution in [0.25, 0.3) is 0 Å². The number of ether oxygens (including phenoxy) is 1. The zero-order chi connectivity index (χ0) is 17.4. The highest BCUT2D eigenvalue weighted by molar-refractivity contribution is 5.39. The third-order valence-corrected chi connectivity index (χ3v) is 4.29. The third kappa shape index (κ3) is 6.00. The van der Waals surface area contributed by atoms with Crippen LogP contribution in [0.5, 0.6) is 5.75 Å². The molecule has 0 fully saturated rings. The molecule has 1 atom stereocenters. The van der Waals surface area contributed by atoms with Gasteiger partial charge in [-0.25, -0.2) is 0 Å². The first-order chi connectivity index (χ1) is 10.9. The molecule has 0 aliphatic heterocycles. The van der Waals surface area contributed by atoms with E-state index in [0.29, 0.717) is 24.6 Å². The number of aliphatic hydroxyl groups is 1. The van der Waals surface area contributed by atoms with Crippen LogP contribution in [0.3, 0.4) is 0 Å². The zero-order valence-corrected chi connectivity index (χ0v) is 15.4. The van der Waals surface area contributed by atoms with Crippen LogP contribution in [0.4, 0.5) is 0 Å². The Kier molecular flexibility index (Phi) is 8.35. The number of benzene rings is 1. The van der Waals surface area contributed by atoms with E-state index in [2.05, 4.69) is 52.2 Å². The summed E-state index contributed by atoms with van der Waals surface area (Å²) < 4.78 is 5.80. The minimum atomic E-state index is 0.0611. The van der Waals surface area contributed by atoms with Gasteiger partial charge in [0, 0.05) is 12.1 Å². The quantitative estimate of drug-likeness (QED) is 0.651. The Hall–Kier alpha value is -1.32. The van der Waals surface area contributed by atoms with Crippen molar-refractivity contribution in [2.75, 3.05) is 13.2 Å². The van der Waals surface area contributed by atoms with E-state index in [1.165, 1.54) is 5.56 Å². The smallest absolute Gasteiger partial charge is 0.123 e. The summed E-state index contributed by atoms with van der Waals surface area (Å²) in [5, 5.41) is 9.41. The van der Waals surface area contributed by atoms with Crippen molar-refractivity contribution in [2.45, 2.75) is 65.6 Å². The molecule has 0 aliphatic rings. The second-order valence-corrected chi connectivity index (χ2v) is 6.75. The first-order valence-corrected chi connectivity index (χ1v) is 8.63. The fraction of sp³-hybridized carbons (Fsp3) is 0.600. The third-order valence-electron chi connectivity index (χ3n) is 4.29. The first kappa shape index (κ1) is 19.7. The van der Waals surface area contributed by atoms with Gasteiger partial charge in [-0.2, -0.15) is 0 Å². The summed E-state index contributed by atoms with van der Waals surface area (Å²) in [7, 11) is 0. The summed E-state index contributed by atoms with van der Waals surface area (Å²) in [6.45, 7) is 16.5. The van der Waals surface area contributed by atoms with E-state index in [1.807, 2.05) is 12.1 Å². The highest BCUT2D eigenvalue weighted by atomic mass is 16.5. The Morgan fingerprint density at radius 1 is 1.17 bits per heavy atom. The van der Waals surface area contributed by atoms with Gasteiger partial charge in [0.05, 0.1) is 6.61 Å². The maximum absolute atomic E-state index is 9.41. The molecule has 0 saturated carbocycles. The van der Waals surface area contributed by atoms with Gasteiger partial charge < -0.3 is 9.84 Å². The molecule has 0 amide bonds. The predicted molar refractivity (Wildman–Crippen MR) is 98.1 cm³/mol. The molecule has 0 aliphatic carbocycles. The average Bonchev–Trinajstić information content (AvgIpc) is 2.52. The van der Waals surface area contributed by atoms with E-state index in [9.17, 15) is 5.11 Å². The maximum atomic E-state index is 9.41. The molecule has 3 heteroatoms. The molecule has 0 bridgehead atoms. The molecule has 0 spiro atoms. The molecule has 1 aromatic carbocycles. The minimum absolute atomic E-state index is 0.0611. The summed E-state index contributed by atoms with van der Waals surface area (Å²) in [4.78, 5) is 2.51. The molecule has 1 N–H and O–H groups in total. The van der Waals surface area contributed by atoms with Crippen LogP contribution in [0, 0.1) is 0 Å². The number of aliphatic hydroxyl groups excluding tert-OH is 1. The fourth-order valence-corrected chi connectivity index (χ4v) is 2.97. The Balaban J connectivity index is 2.87. The van der Waals surface area contributed by atoms with Crippen molar-refractivity contribution < 1.29 is 9.84 Å². The molecule has 1 unspecified atom stereocenters. The zero-order valence-electron chi connectivity index (χ0n) is 15.4. The molecular weight excluding hydrogens is 286 g/mol. The molecule has 0 aromatic heterocycles. The van der Waals surface area contributed by atoms with Crippen molar-refractivity contribution in [3.05, 3.63) is 42.0 Å². The Morgan fingerprint density at radius 2 is 1.83 bits per heavy atom. The molecule has 1 rings (SSSR count). The minimum Gasteiger partial charge on any atom is -0.489 e. The van der Waals surface area contributed by atoms with Crippen LogP contribution in [-0.4, -0.2) is 35.2 Å². The van der Waals surface area contributed by atoms with Gasteiger partial charge in [0.15, 0.2) is 0 Å². The Morgan fingerprint density at radius 3 is 2.35 bits per heavy atom. The van der Waals surface area contributed by atoms with E-state index in [-0.39, 0.29) is 6.61 Å². The SMILES string of the molecule is C=CCOc1ccc(CO)cc1C(C)CCN(C(C)C)C(C)C. The predicted octanol–water partition coefficient (Wildman–Crippen LogP) is 4.36. The van der Waals surface area contributed by atoms with Crippen LogP contribution >= 0.6 is 0 Å². The topological polar surface area (TPSA) is 32.7 Å². The number of rotatable bonds is 10. The van der Waals surface area contributed by atoms with Gasteiger partial charge in [0.2, 0.25) is 0 Å². The van der Waals surface area contributed by atoms with Crippen LogP contribution in [-0.2, 0) is 6.61 Å². The summed E-state index contributed by atoms with van der Waals surface area (Å²) >= 11 is 0. The van der Waals surface area contributed by atoms with Crippen LogP contribution in [0.1, 0.15) is 58.1 Å². The van der Waals surface area contributed by atoms with Crippen molar-refractivity contribution in [3.8, 4) is 5.75 Å². The monoisotopic (exact) mass is 319 g/mol. The lowest BCUT2D eigenvalue weighted by Gasteiger charge is -2.31. The van der Waals surface area contributed by atoms with Crippen LogP contribution in [0.15, 0.2) is 30.9 Å². The van der Waals surface area contributed by atoms with Crippen molar-refractivity contribution >= 4 is 0 Å². The summed E-state index contributed by atoms with van der Waals surface area (Å²) in [6.07, 6.45) is 2.82. The molecule has 23 heavy (non-hydrogen) atoms. The van der Waals surface area contributed by atoms with Gasteiger partial charge in [-0.3, -0.25) is 4.90 Å². The van der Waals surface area contributed by atoms with Crippen molar-refractivity contribution in [1.82, 2.24) is 4.90 Å². The standard InChI is InChI=1S/C20H33NO2/c1-7-12-23-20-9-8-18(14-22)13-19(20)17(6)10-11-21(15(2)3)16(4)5/h7-9,13,15-17,22H,1,10-12,14H2,2-6H3. The van der Waals surface area contributed by atoms with Crippen molar-refractivity contribution in [3.63, 3.8) is 0 Å². The normalized spacial score (nSPS) is 12.9. The highest BCUT2D eigenvalue weighted by Gasteiger charge is 2.17. The fourth-order valence-electron chi connectivity index (χ4n) is 2.97. The molecular formula is C20H33NO2. The lowest BCUT2D eigenvalue weighted by atomic mass is 9.94. The summed E-state index contributed by atoms with van der Waals surface area (Å²) in [5.41, 5.74) is 2.10. The Labute approximate surface area is 142 Å². The second kappa shape index (κ2) is 9.74. The molecule has 0 heterocycles. The van der Waals surface area contributed by atoms with Crippen LogP contribution in [0.2, 0.25) is 0 Å². The van der Waals surface area contributed by atoms with Gasteiger partial charge in [0.1, 0.15) is 12.4 Å². The molecule has 0 radical (unpaired) electrons. The van der Waals surface area contributed by atoms with Crippen molar-refractivity contribution in [2.24, 2.45) is 0 Å². The lowest BCUT2D eigenvalue weighted by Crippen LogP contribution is -2.38. The van der Waals surface area contributed by atoms with E-state index in [4.69, 9.17) is 4.74 Å². The van der Waals surface area contributed by atoms with Gasteiger partial charge in [0.25, 0.3) is 0 Å². The number of nitrogens with zero attached hydrogens (tertiary/aromatic N) is 1. The summed E-state index contributed by atoms with van der Waals surface area (Å²) in [5.74, 6) is 1.27. The lowest BCUT2D eigenvalue weighted by molar-refractivity contribution is 0.169. The van der Waals surface area contributed by atoms with E-state index in [1.54, 1.807) is 6.08 Å². The van der Waals surface area contributed by atoms with E-state index >= 15 is 0 Å². The molecule has 1 aromatic rings. The average molecular weight is 319 g/mol. The van der Waals surface area contributed by atoms with E-state index in [0.717, 1.165) is 24.3 Å². The number of hydrogen-bond acceptors (Lipinski definition) is 3. The van der Waals surface area contributed by atoms with E-state index < -0.39 is 0 Å². The van der Waals surface area contributed by atoms with Gasteiger partial charge in [-0.15, -0.1) is 0 Å². The largest absolute Gasteiger partial charge is 0.489 e. The first-order valence-electron chi connectivity index (χ1n) is 8.63. The highest BCUT2D eigenvalue weighted by Crippen LogP contribution is 2.30. The summed E-state index contributed by atoms with van der Waals surface area (Å²) in [6, 6.07) is 7.04. The number of hydrogen-bond donors (Lipinski definition) is 1. The Bertz CT molecular complexity index is 475. The molecule has 3 nitrogen and oxygen atoms in total. The molecule has 130 valence electrons. The van der Waals surface area contributed by atoms with Gasteiger partial charge >= 0.3 is 0 Å². The van der Waals surface area contributed by atoms with Gasteiger partial charge in [-0.1, -0.05) is 25.6 Å². The van der Waals surface area contributed by atoms with Gasteiger partial charge in [-0.05, 0) is 69.8 Å². The van der Waals surface area contributed by atoms with Crippen molar-refractivity contribution in [1.29, 1.82) is 0 Å². The second-order valence-electron chi connectivity index (χ2n) is 6.75. The van der Waals surface area contributed by atoms with Crippen LogP contribution < -0.4 is 4.74 Å². The molecule has 0 saturated heterocycles. The maximum Gasteiger partial charge on any atom is 0.123 e.